The molecule has 12 heavy (non-hydrogen) atoms. The van der Waals surface area contributed by atoms with Gasteiger partial charge in [-0.1, -0.05) is 0 Å². The number of nitrogens with zero attached hydrogens (tertiary/aromatic N) is 1. The maximum absolute atomic E-state index is 5.47. The zero-order chi connectivity index (χ0) is 8.39. The summed E-state index contributed by atoms with van der Waals surface area (Å²) in [6.07, 6.45) is 2.79. The highest BCUT2D eigenvalue weighted by molar-refractivity contribution is 9.10. The first-order chi connectivity index (χ1) is 5.86. The van der Waals surface area contributed by atoms with E-state index >= 15 is 0 Å². The van der Waals surface area contributed by atoms with Crippen molar-refractivity contribution in [1.82, 2.24) is 4.98 Å². The van der Waals surface area contributed by atoms with Gasteiger partial charge in [0.15, 0.2) is 11.6 Å². The first kappa shape index (κ1) is 7.86. The number of anilines is 1. The number of hydrogen-bond donors (Lipinski definition) is 1. The fourth-order valence-electron chi connectivity index (χ4n) is 1.12. The number of ether oxygens (including phenoxy) is 1. The van der Waals surface area contributed by atoms with Crippen LogP contribution in [0.2, 0.25) is 0 Å². The fourth-order valence-corrected chi connectivity index (χ4v) is 1.43. The molecule has 4 heteroatoms. The smallest absolute Gasteiger partial charge is 0.168 e. The lowest BCUT2D eigenvalue weighted by Crippen LogP contribution is -2.00. The van der Waals surface area contributed by atoms with Crippen molar-refractivity contribution in [2.24, 2.45) is 0 Å². The lowest BCUT2D eigenvalue weighted by Gasteiger charge is -2.05. The molecule has 0 saturated heterocycles. The lowest BCUT2D eigenvalue weighted by molar-refractivity contribution is 0.322. The Kier molecular flexibility index (Phi) is 2.17. The quantitative estimate of drug-likeness (QED) is 0.739. The molecule has 0 radical (unpaired) electrons. The number of fused-ring (bicyclic) bond motifs is 1. The van der Waals surface area contributed by atoms with E-state index in [1.807, 2.05) is 6.07 Å². The maximum atomic E-state index is 5.47. The molecule has 0 atom stereocenters. The summed E-state index contributed by atoms with van der Waals surface area (Å²) in [5, 5.41) is 3.20. The standard InChI is InChI=1S/C8H9BrN2O/c9-6-4-7-8(11-5-6)10-2-1-3-12-7/h4-5H,1-3H2,(H,10,11). The second kappa shape index (κ2) is 3.31. The second-order valence-electron chi connectivity index (χ2n) is 2.63. The average molecular weight is 229 g/mol. The predicted molar refractivity (Wildman–Crippen MR) is 50.5 cm³/mol. The maximum Gasteiger partial charge on any atom is 0.168 e. The van der Waals surface area contributed by atoms with Gasteiger partial charge in [0, 0.05) is 17.2 Å². The summed E-state index contributed by atoms with van der Waals surface area (Å²) in [7, 11) is 0. The van der Waals surface area contributed by atoms with Gasteiger partial charge in [0.25, 0.3) is 0 Å². The zero-order valence-corrected chi connectivity index (χ0v) is 8.10. The van der Waals surface area contributed by atoms with Gasteiger partial charge in [-0.05, 0) is 28.4 Å². The largest absolute Gasteiger partial charge is 0.490 e. The molecule has 0 bridgehead atoms. The van der Waals surface area contributed by atoms with Crippen molar-refractivity contribution in [3.63, 3.8) is 0 Å². The van der Waals surface area contributed by atoms with Gasteiger partial charge in [-0.2, -0.15) is 0 Å². The first-order valence-electron chi connectivity index (χ1n) is 3.88. The van der Waals surface area contributed by atoms with Crippen molar-refractivity contribution in [3.05, 3.63) is 16.7 Å². The summed E-state index contributed by atoms with van der Waals surface area (Å²) >= 11 is 3.35. The minimum absolute atomic E-state index is 0.762. The third-order valence-corrected chi connectivity index (χ3v) is 2.12. The molecule has 0 amide bonds. The van der Waals surface area contributed by atoms with E-state index in [4.69, 9.17) is 4.74 Å². The van der Waals surface area contributed by atoms with Crippen molar-refractivity contribution in [3.8, 4) is 5.75 Å². The molecule has 0 spiro atoms. The van der Waals surface area contributed by atoms with E-state index in [1.54, 1.807) is 6.20 Å². The molecule has 1 aromatic heterocycles. The van der Waals surface area contributed by atoms with Gasteiger partial charge >= 0.3 is 0 Å². The van der Waals surface area contributed by atoms with Crippen LogP contribution in [0.25, 0.3) is 0 Å². The van der Waals surface area contributed by atoms with Crippen LogP contribution >= 0.6 is 15.9 Å². The van der Waals surface area contributed by atoms with Crippen LogP contribution in [0.3, 0.4) is 0 Å². The molecule has 1 aliphatic rings. The molecular weight excluding hydrogens is 220 g/mol. The highest BCUT2D eigenvalue weighted by atomic mass is 79.9. The molecule has 0 unspecified atom stereocenters. The summed E-state index contributed by atoms with van der Waals surface area (Å²) in [5.41, 5.74) is 0. The van der Waals surface area contributed by atoms with Crippen LogP contribution < -0.4 is 10.1 Å². The third-order valence-electron chi connectivity index (χ3n) is 1.69. The number of aromatic nitrogens is 1. The van der Waals surface area contributed by atoms with E-state index in [2.05, 4.69) is 26.2 Å². The van der Waals surface area contributed by atoms with Gasteiger partial charge in [0.2, 0.25) is 0 Å². The van der Waals surface area contributed by atoms with Crippen molar-refractivity contribution < 1.29 is 4.74 Å². The van der Waals surface area contributed by atoms with Crippen LogP contribution in [0.15, 0.2) is 16.7 Å². The van der Waals surface area contributed by atoms with Gasteiger partial charge in [-0.25, -0.2) is 4.98 Å². The Morgan fingerprint density at radius 3 is 3.42 bits per heavy atom. The Bertz CT molecular complexity index is 290. The van der Waals surface area contributed by atoms with Gasteiger partial charge in [-0.15, -0.1) is 0 Å². The Labute approximate surface area is 79.3 Å². The summed E-state index contributed by atoms with van der Waals surface area (Å²) in [4.78, 5) is 4.20. The minimum atomic E-state index is 0.762. The molecule has 0 saturated carbocycles. The molecule has 1 aromatic rings. The van der Waals surface area contributed by atoms with Gasteiger partial charge < -0.3 is 10.1 Å². The summed E-state index contributed by atoms with van der Waals surface area (Å²) in [6, 6.07) is 1.93. The molecule has 0 fully saturated rings. The van der Waals surface area contributed by atoms with Crippen molar-refractivity contribution in [2.45, 2.75) is 6.42 Å². The topological polar surface area (TPSA) is 34.1 Å². The normalized spacial score (nSPS) is 15.4. The molecular formula is C8H9BrN2O. The van der Waals surface area contributed by atoms with E-state index in [0.717, 1.165) is 35.6 Å². The summed E-state index contributed by atoms with van der Waals surface area (Å²) in [5.74, 6) is 1.68. The third kappa shape index (κ3) is 1.53. The molecule has 2 heterocycles. The van der Waals surface area contributed by atoms with Crippen LogP contribution in [0.1, 0.15) is 6.42 Å². The van der Waals surface area contributed by atoms with E-state index in [9.17, 15) is 0 Å². The van der Waals surface area contributed by atoms with Crippen LogP contribution in [-0.4, -0.2) is 18.1 Å². The average Bonchev–Trinajstić information content (AvgIpc) is 2.28. The Morgan fingerprint density at radius 1 is 1.58 bits per heavy atom. The Hall–Kier alpha value is -0.770. The molecule has 3 nitrogen and oxygen atoms in total. The lowest BCUT2D eigenvalue weighted by atomic mass is 10.4. The number of pyridine rings is 1. The first-order valence-corrected chi connectivity index (χ1v) is 4.68. The number of rotatable bonds is 0. The van der Waals surface area contributed by atoms with E-state index < -0.39 is 0 Å². The van der Waals surface area contributed by atoms with Crippen molar-refractivity contribution in [1.29, 1.82) is 0 Å². The van der Waals surface area contributed by atoms with Gasteiger partial charge in [0.1, 0.15) is 0 Å². The fraction of sp³-hybridized carbons (Fsp3) is 0.375. The zero-order valence-electron chi connectivity index (χ0n) is 6.51. The monoisotopic (exact) mass is 228 g/mol. The van der Waals surface area contributed by atoms with Gasteiger partial charge in [-0.3, -0.25) is 0 Å². The van der Waals surface area contributed by atoms with E-state index in [-0.39, 0.29) is 0 Å². The summed E-state index contributed by atoms with van der Waals surface area (Å²) in [6.45, 7) is 1.69. The highest BCUT2D eigenvalue weighted by Crippen LogP contribution is 2.26. The van der Waals surface area contributed by atoms with Crippen LogP contribution in [0.4, 0.5) is 5.82 Å². The SMILES string of the molecule is Brc1cnc2c(c1)OCCCN2. The van der Waals surface area contributed by atoms with Crippen LogP contribution in [-0.2, 0) is 0 Å². The summed E-state index contributed by atoms with van der Waals surface area (Å²) < 4.78 is 6.42. The predicted octanol–water partition coefficient (Wildman–Crippen LogP) is 2.04. The molecule has 0 aromatic carbocycles. The molecule has 1 N–H and O–H groups in total. The number of hydrogen-bond acceptors (Lipinski definition) is 3. The molecule has 0 aliphatic carbocycles. The minimum Gasteiger partial charge on any atom is -0.490 e. The molecule has 64 valence electrons. The van der Waals surface area contributed by atoms with E-state index in [0.29, 0.717) is 0 Å². The Balaban J connectivity index is 2.36. The van der Waals surface area contributed by atoms with Gasteiger partial charge in [0.05, 0.1) is 6.61 Å². The van der Waals surface area contributed by atoms with Crippen molar-refractivity contribution in [2.75, 3.05) is 18.5 Å². The number of halogens is 1. The second-order valence-corrected chi connectivity index (χ2v) is 3.54. The van der Waals surface area contributed by atoms with Crippen LogP contribution in [0.5, 0.6) is 5.75 Å². The van der Waals surface area contributed by atoms with Crippen molar-refractivity contribution >= 4 is 21.7 Å². The highest BCUT2D eigenvalue weighted by Gasteiger charge is 2.08. The number of nitrogens with one attached hydrogen (secondary N) is 1. The molecule has 2 rings (SSSR count). The Morgan fingerprint density at radius 2 is 2.50 bits per heavy atom. The van der Waals surface area contributed by atoms with E-state index in [1.165, 1.54) is 0 Å². The van der Waals surface area contributed by atoms with Crippen LogP contribution in [0, 0.1) is 0 Å². The molecule has 1 aliphatic heterocycles.